The molecule has 0 spiro atoms. The molecule has 0 fully saturated rings. The van der Waals surface area contributed by atoms with Crippen LogP contribution in [0.15, 0.2) is 12.1 Å². The highest BCUT2D eigenvalue weighted by Crippen LogP contribution is 2.13. The average molecular weight is 261 g/mol. The lowest BCUT2D eigenvalue weighted by Crippen LogP contribution is -2.42. The second-order valence-electron chi connectivity index (χ2n) is 4.56. The van der Waals surface area contributed by atoms with Crippen LogP contribution in [0.5, 0.6) is 0 Å². The third kappa shape index (κ3) is 3.76. The van der Waals surface area contributed by atoms with E-state index >= 15 is 0 Å². The van der Waals surface area contributed by atoms with E-state index < -0.39 is 5.60 Å². The minimum absolute atomic E-state index is 0.194. The van der Waals surface area contributed by atoms with E-state index in [1.54, 1.807) is 13.0 Å². The lowest BCUT2D eigenvalue weighted by molar-refractivity contribution is 0.0313. The predicted octanol–water partition coefficient (Wildman–Crippen LogP) is 1.54. The fourth-order valence-corrected chi connectivity index (χ4v) is 1.64. The van der Waals surface area contributed by atoms with Crippen LogP contribution in [0, 0.1) is 18.3 Å². The van der Waals surface area contributed by atoms with Crippen LogP contribution in [-0.4, -0.2) is 28.1 Å². The first-order chi connectivity index (χ1) is 8.95. The maximum atomic E-state index is 11.9. The van der Waals surface area contributed by atoms with Crippen molar-refractivity contribution in [3.8, 4) is 6.07 Å². The molecule has 1 rings (SSSR count). The van der Waals surface area contributed by atoms with Crippen molar-refractivity contribution >= 4 is 5.91 Å². The molecule has 0 bridgehead atoms. The minimum Gasteiger partial charge on any atom is -0.388 e. The summed E-state index contributed by atoms with van der Waals surface area (Å²) in [5.41, 5.74) is 0.356. The van der Waals surface area contributed by atoms with Gasteiger partial charge in [-0.15, -0.1) is 0 Å². The SMILES string of the molecule is CCC(O)(CC)CNC(=O)c1ccc(C#N)c(C)n1. The van der Waals surface area contributed by atoms with Gasteiger partial charge in [-0.05, 0) is 31.9 Å². The van der Waals surface area contributed by atoms with Crippen LogP contribution in [0.2, 0.25) is 0 Å². The molecule has 0 saturated carbocycles. The zero-order chi connectivity index (χ0) is 14.5. The van der Waals surface area contributed by atoms with Crippen molar-refractivity contribution in [3.05, 3.63) is 29.1 Å². The van der Waals surface area contributed by atoms with Gasteiger partial charge >= 0.3 is 0 Å². The molecule has 5 nitrogen and oxygen atoms in total. The zero-order valence-corrected chi connectivity index (χ0v) is 11.5. The molecule has 0 aromatic carbocycles. The van der Waals surface area contributed by atoms with Crippen molar-refractivity contribution in [1.29, 1.82) is 5.26 Å². The molecule has 5 heteroatoms. The number of rotatable bonds is 5. The third-order valence-corrected chi connectivity index (χ3v) is 3.33. The molecule has 0 aliphatic heterocycles. The van der Waals surface area contributed by atoms with Gasteiger partial charge in [0, 0.05) is 6.54 Å². The fraction of sp³-hybridized carbons (Fsp3) is 0.500. The number of amides is 1. The van der Waals surface area contributed by atoms with E-state index in [-0.39, 0.29) is 18.1 Å². The molecule has 0 saturated heterocycles. The van der Waals surface area contributed by atoms with Gasteiger partial charge in [-0.2, -0.15) is 5.26 Å². The lowest BCUT2D eigenvalue weighted by atomic mass is 9.97. The van der Waals surface area contributed by atoms with Gasteiger partial charge < -0.3 is 10.4 Å². The molecule has 0 atom stereocenters. The van der Waals surface area contributed by atoms with Crippen LogP contribution in [0.4, 0.5) is 0 Å². The molecule has 0 aliphatic rings. The van der Waals surface area contributed by atoms with Gasteiger partial charge in [0.1, 0.15) is 11.8 Å². The normalized spacial score (nSPS) is 10.9. The molecule has 0 radical (unpaired) electrons. The number of aromatic nitrogens is 1. The second-order valence-corrected chi connectivity index (χ2v) is 4.56. The number of pyridine rings is 1. The number of nitrogens with one attached hydrogen (secondary N) is 1. The summed E-state index contributed by atoms with van der Waals surface area (Å²) < 4.78 is 0. The number of nitriles is 1. The van der Waals surface area contributed by atoms with Crippen molar-refractivity contribution in [1.82, 2.24) is 10.3 Å². The van der Waals surface area contributed by atoms with E-state index in [9.17, 15) is 9.90 Å². The zero-order valence-electron chi connectivity index (χ0n) is 11.5. The number of aryl methyl sites for hydroxylation is 1. The van der Waals surface area contributed by atoms with Gasteiger partial charge in [0.05, 0.1) is 16.9 Å². The van der Waals surface area contributed by atoms with Crippen molar-refractivity contribution in [2.24, 2.45) is 0 Å². The minimum atomic E-state index is -0.878. The monoisotopic (exact) mass is 261 g/mol. The molecule has 1 aromatic rings. The molecule has 2 N–H and O–H groups in total. The molecule has 0 aliphatic carbocycles. The highest BCUT2D eigenvalue weighted by atomic mass is 16.3. The van der Waals surface area contributed by atoms with Crippen molar-refractivity contribution < 1.29 is 9.90 Å². The maximum Gasteiger partial charge on any atom is 0.269 e. The highest BCUT2D eigenvalue weighted by Gasteiger charge is 2.23. The highest BCUT2D eigenvalue weighted by molar-refractivity contribution is 5.92. The third-order valence-electron chi connectivity index (χ3n) is 3.33. The average Bonchev–Trinajstić information content (AvgIpc) is 2.44. The van der Waals surface area contributed by atoms with Gasteiger partial charge in [-0.25, -0.2) is 4.98 Å². The van der Waals surface area contributed by atoms with E-state index in [0.717, 1.165) is 0 Å². The Balaban J connectivity index is 2.75. The first-order valence-corrected chi connectivity index (χ1v) is 6.34. The fourth-order valence-electron chi connectivity index (χ4n) is 1.64. The molecule has 19 heavy (non-hydrogen) atoms. The Morgan fingerprint density at radius 1 is 1.47 bits per heavy atom. The lowest BCUT2D eigenvalue weighted by Gasteiger charge is -2.25. The van der Waals surface area contributed by atoms with Crippen LogP contribution in [0.3, 0.4) is 0 Å². The van der Waals surface area contributed by atoms with E-state index in [1.807, 2.05) is 19.9 Å². The standard InChI is InChI=1S/C14H19N3O2/c1-4-14(19,5-2)9-16-13(18)12-7-6-11(8-15)10(3)17-12/h6-7,19H,4-5,9H2,1-3H3,(H,16,18). The Morgan fingerprint density at radius 3 is 2.58 bits per heavy atom. The van der Waals surface area contributed by atoms with Gasteiger partial charge in [0.15, 0.2) is 0 Å². The topological polar surface area (TPSA) is 86.0 Å². The quantitative estimate of drug-likeness (QED) is 0.841. The molecule has 0 unspecified atom stereocenters. The van der Waals surface area contributed by atoms with Crippen LogP contribution in [-0.2, 0) is 0 Å². The summed E-state index contributed by atoms with van der Waals surface area (Å²) in [6, 6.07) is 5.09. The summed E-state index contributed by atoms with van der Waals surface area (Å²) in [5, 5.41) is 21.6. The van der Waals surface area contributed by atoms with E-state index in [2.05, 4.69) is 10.3 Å². The van der Waals surface area contributed by atoms with Gasteiger partial charge in [-0.1, -0.05) is 13.8 Å². The van der Waals surface area contributed by atoms with Gasteiger partial charge in [0.25, 0.3) is 5.91 Å². The van der Waals surface area contributed by atoms with E-state index in [4.69, 9.17) is 5.26 Å². The summed E-state index contributed by atoms with van der Waals surface area (Å²) in [5.74, 6) is -0.340. The molecular weight excluding hydrogens is 242 g/mol. The van der Waals surface area contributed by atoms with Crippen LogP contribution >= 0.6 is 0 Å². The summed E-state index contributed by atoms with van der Waals surface area (Å²) in [7, 11) is 0. The maximum absolute atomic E-state index is 11.9. The van der Waals surface area contributed by atoms with Crippen LogP contribution < -0.4 is 5.32 Å². The molecule has 102 valence electrons. The van der Waals surface area contributed by atoms with Gasteiger partial charge in [0.2, 0.25) is 0 Å². The first kappa shape index (κ1) is 15.1. The molecule has 1 heterocycles. The second kappa shape index (κ2) is 6.30. The summed E-state index contributed by atoms with van der Waals surface area (Å²) >= 11 is 0. The number of aliphatic hydroxyl groups is 1. The smallest absolute Gasteiger partial charge is 0.269 e. The van der Waals surface area contributed by atoms with Crippen molar-refractivity contribution in [2.45, 2.75) is 39.2 Å². The molecule has 1 amide bonds. The number of hydrogen-bond donors (Lipinski definition) is 2. The number of carbonyl (C=O) groups is 1. The Morgan fingerprint density at radius 2 is 2.11 bits per heavy atom. The van der Waals surface area contributed by atoms with E-state index in [1.165, 1.54) is 6.07 Å². The Labute approximate surface area is 113 Å². The molecular formula is C14H19N3O2. The summed E-state index contributed by atoms with van der Waals surface area (Å²) in [4.78, 5) is 16.0. The summed E-state index contributed by atoms with van der Waals surface area (Å²) in [6.45, 7) is 5.63. The van der Waals surface area contributed by atoms with Crippen LogP contribution in [0.25, 0.3) is 0 Å². The Bertz CT molecular complexity index is 502. The van der Waals surface area contributed by atoms with Crippen LogP contribution in [0.1, 0.15) is 48.4 Å². The van der Waals surface area contributed by atoms with Crippen molar-refractivity contribution in [2.75, 3.05) is 6.54 Å². The Hall–Kier alpha value is -1.93. The Kier molecular flexibility index (Phi) is 5.02. The first-order valence-electron chi connectivity index (χ1n) is 6.34. The largest absolute Gasteiger partial charge is 0.388 e. The van der Waals surface area contributed by atoms with E-state index in [0.29, 0.717) is 24.1 Å². The number of carbonyl (C=O) groups excluding carboxylic acids is 1. The number of nitrogens with zero attached hydrogens (tertiary/aromatic N) is 2. The van der Waals surface area contributed by atoms with Gasteiger partial charge in [-0.3, -0.25) is 4.79 Å². The van der Waals surface area contributed by atoms with Crippen molar-refractivity contribution in [3.63, 3.8) is 0 Å². The predicted molar refractivity (Wildman–Crippen MR) is 71.6 cm³/mol. The number of hydrogen-bond acceptors (Lipinski definition) is 4. The molecule has 1 aromatic heterocycles. The summed E-state index contributed by atoms with van der Waals surface area (Å²) in [6.07, 6.45) is 1.15.